The molecule has 4 heteroatoms. The van der Waals surface area contributed by atoms with Crippen molar-refractivity contribution in [2.75, 3.05) is 37.2 Å². The SMILES string of the molecule is CCN(CC)CCCNc1cc(N)cc(OC(C)C)c1. The molecule has 0 fully saturated rings. The first kappa shape index (κ1) is 16.6. The van der Waals surface area contributed by atoms with Gasteiger partial charge in [0, 0.05) is 30.1 Å². The number of hydrogen-bond donors (Lipinski definition) is 2. The Bertz CT molecular complexity index is 389. The quantitative estimate of drug-likeness (QED) is 0.538. The van der Waals surface area contributed by atoms with Crippen molar-refractivity contribution in [2.45, 2.75) is 40.2 Å². The predicted molar refractivity (Wildman–Crippen MR) is 87.5 cm³/mol. The Kier molecular flexibility index (Phi) is 7.23. The summed E-state index contributed by atoms with van der Waals surface area (Å²) in [5, 5.41) is 3.42. The lowest BCUT2D eigenvalue weighted by Gasteiger charge is -2.18. The molecule has 0 amide bonds. The van der Waals surface area contributed by atoms with Gasteiger partial charge in [0.25, 0.3) is 0 Å². The molecule has 0 bridgehead atoms. The third-order valence-corrected chi connectivity index (χ3v) is 3.18. The highest BCUT2D eigenvalue weighted by Crippen LogP contribution is 2.23. The van der Waals surface area contributed by atoms with Crippen LogP contribution in [0.4, 0.5) is 11.4 Å². The Hall–Kier alpha value is -1.42. The maximum Gasteiger partial charge on any atom is 0.123 e. The summed E-state index contributed by atoms with van der Waals surface area (Å²) in [6.07, 6.45) is 1.28. The minimum Gasteiger partial charge on any atom is -0.491 e. The van der Waals surface area contributed by atoms with Crippen LogP contribution in [-0.4, -0.2) is 37.2 Å². The number of benzene rings is 1. The summed E-state index contributed by atoms with van der Waals surface area (Å²) in [6.45, 7) is 12.7. The van der Waals surface area contributed by atoms with Gasteiger partial charge in [-0.3, -0.25) is 0 Å². The van der Waals surface area contributed by atoms with Crippen LogP contribution in [-0.2, 0) is 0 Å². The van der Waals surface area contributed by atoms with Crippen LogP contribution in [0.15, 0.2) is 18.2 Å². The lowest BCUT2D eigenvalue weighted by atomic mass is 10.2. The number of nitrogens with one attached hydrogen (secondary N) is 1. The largest absolute Gasteiger partial charge is 0.491 e. The molecule has 0 heterocycles. The van der Waals surface area contributed by atoms with Gasteiger partial charge < -0.3 is 20.7 Å². The summed E-state index contributed by atoms with van der Waals surface area (Å²) in [6, 6.07) is 5.82. The first-order chi connectivity index (χ1) is 9.55. The van der Waals surface area contributed by atoms with Crippen molar-refractivity contribution in [3.05, 3.63) is 18.2 Å². The molecular formula is C16H29N3O. The van der Waals surface area contributed by atoms with Gasteiger partial charge >= 0.3 is 0 Å². The first-order valence-electron chi connectivity index (χ1n) is 7.58. The number of nitrogens with two attached hydrogens (primary N) is 1. The van der Waals surface area contributed by atoms with E-state index in [2.05, 4.69) is 24.1 Å². The molecule has 0 aliphatic rings. The molecular weight excluding hydrogens is 250 g/mol. The molecule has 1 aromatic carbocycles. The molecule has 0 saturated carbocycles. The molecule has 0 atom stereocenters. The van der Waals surface area contributed by atoms with Crippen LogP contribution < -0.4 is 15.8 Å². The standard InChI is InChI=1S/C16H29N3O/c1-5-19(6-2)9-7-8-18-15-10-14(17)11-16(12-15)20-13(3)4/h10-13,18H,5-9,17H2,1-4H3. The van der Waals surface area contributed by atoms with E-state index in [-0.39, 0.29) is 6.10 Å². The Morgan fingerprint density at radius 2 is 1.90 bits per heavy atom. The summed E-state index contributed by atoms with van der Waals surface area (Å²) in [5.41, 5.74) is 7.66. The molecule has 0 radical (unpaired) electrons. The van der Waals surface area contributed by atoms with E-state index < -0.39 is 0 Å². The fourth-order valence-corrected chi connectivity index (χ4v) is 2.14. The molecule has 20 heavy (non-hydrogen) atoms. The van der Waals surface area contributed by atoms with E-state index in [1.54, 1.807) is 0 Å². The van der Waals surface area contributed by atoms with Crippen molar-refractivity contribution in [1.82, 2.24) is 4.90 Å². The van der Waals surface area contributed by atoms with Crippen molar-refractivity contribution >= 4 is 11.4 Å². The van der Waals surface area contributed by atoms with E-state index in [0.717, 1.165) is 49.7 Å². The van der Waals surface area contributed by atoms with Crippen molar-refractivity contribution in [3.63, 3.8) is 0 Å². The summed E-state index contributed by atoms with van der Waals surface area (Å²) < 4.78 is 5.69. The zero-order valence-corrected chi connectivity index (χ0v) is 13.3. The summed E-state index contributed by atoms with van der Waals surface area (Å²) >= 11 is 0. The van der Waals surface area contributed by atoms with Crippen LogP contribution in [0.5, 0.6) is 5.75 Å². The lowest BCUT2D eigenvalue weighted by Crippen LogP contribution is -2.25. The average Bonchev–Trinajstić information content (AvgIpc) is 2.37. The zero-order valence-electron chi connectivity index (χ0n) is 13.3. The minimum absolute atomic E-state index is 0.160. The van der Waals surface area contributed by atoms with Gasteiger partial charge in [-0.25, -0.2) is 0 Å². The second-order valence-electron chi connectivity index (χ2n) is 5.26. The van der Waals surface area contributed by atoms with Crippen LogP contribution >= 0.6 is 0 Å². The van der Waals surface area contributed by atoms with E-state index in [0.29, 0.717) is 0 Å². The monoisotopic (exact) mass is 279 g/mol. The highest BCUT2D eigenvalue weighted by molar-refractivity contribution is 5.59. The van der Waals surface area contributed by atoms with E-state index in [1.165, 1.54) is 0 Å². The van der Waals surface area contributed by atoms with Crippen molar-refractivity contribution in [3.8, 4) is 5.75 Å². The molecule has 1 rings (SSSR count). The van der Waals surface area contributed by atoms with E-state index in [9.17, 15) is 0 Å². The fourth-order valence-electron chi connectivity index (χ4n) is 2.14. The van der Waals surface area contributed by atoms with Crippen molar-refractivity contribution < 1.29 is 4.74 Å². The van der Waals surface area contributed by atoms with Crippen LogP contribution in [0.3, 0.4) is 0 Å². The molecule has 0 aliphatic heterocycles. The van der Waals surface area contributed by atoms with Crippen LogP contribution in [0, 0.1) is 0 Å². The summed E-state index contributed by atoms with van der Waals surface area (Å²) in [5.74, 6) is 0.825. The number of rotatable bonds is 9. The fraction of sp³-hybridized carbons (Fsp3) is 0.625. The maximum atomic E-state index is 5.90. The van der Waals surface area contributed by atoms with Gasteiger partial charge in [0.1, 0.15) is 5.75 Å². The number of hydrogen-bond acceptors (Lipinski definition) is 4. The molecule has 0 aliphatic carbocycles. The van der Waals surface area contributed by atoms with Gasteiger partial charge in [-0.05, 0) is 46.0 Å². The highest BCUT2D eigenvalue weighted by atomic mass is 16.5. The first-order valence-corrected chi connectivity index (χ1v) is 7.58. The second-order valence-corrected chi connectivity index (χ2v) is 5.26. The molecule has 0 unspecified atom stereocenters. The van der Waals surface area contributed by atoms with E-state index >= 15 is 0 Å². The minimum atomic E-state index is 0.160. The Balaban J connectivity index is 2.45. The molecule has 3 N–H and O–H groups in total. The van der Waals surface area contributed by atoms with Gasteiger partial charge in [0.05, 0.1) is 6.10 Å². The van der Waals surface area contributed by atoms with Gasteiger partial charge in [-0.2, -0.15) is 0 Å². The molecule has 114 valence electrons. The molecule has 0 saturated heterocycles. The second kappa shape index (κ2) is 8.69. The predicted octanol–water partition coefficient (Wildman–Crippen LogP) is 3.20. The maximum absolute atomic E-state index is 5.90. The number of anilines is 2. The van der Waals surface area contributed by atoms with Crippen LogP contribution in [0.1, 0.15) is 34.1 Å². The summed E-state index contributed by atoms with van der Waals surface area (Å²) in [7, 11) is 0. The van der Waals surface area contributed by atoms with Gasteiger partial charge in [0.2, 0.25) is 0 Å². The zero-order chi connectivity index (χ0) is 15.0. The van der Waals surface area contributed by atoms with Crippen LogP contribution in [0.25, 0.3) is 0 Å². The number of nitrogen functional groups attached to an aromatic ring is 1. The average molecular weight is 279 g/mol. The third-order valence-electron chi connectivity index (χ3n) is 3.18. The Labute approximate surface area is 123 Å². The molecule has 4 nitrogen and oxygen atoms in total. The Morgan fingerprint density at radius 1 is 1.20 bits per heavy atom. The number of nitrogens with zero attached hydrogens (tertiary/aromatic N) is 1. The molecule has 1 aromatic rings. The van der Waals surface area contributed by atoms with Gasteiger partial charge in [0.15, 0.2) is 0 Å². The number of ether oxygens (including phenoxy) is 1. The van der Waals surface area contributed by atoms with E-state index in [4.69, 9.17) is 10.5 Å². The van der Waals surface area contributed by atoms with Crippen LogP contribution in [0.2, 0.25) is 0 Å². The van der Waals surface area contributed by atoms with Crippen molar-refractivity contribution in [2.24, 2.45) is 0 Å². The van der Waals surface area contributed by atoms with Gasteiger partial charge in [-0.15, -0.1) is 0 Å². The topological polar surface area (TPSA) is 50.5 Å². The van der Waals surface area contributed by atoms with Gasteiger partial charge in [-0.1, -0.05) is 13.8 Å². The highest BCUT2D eigenvalue weighted by Gasteiger charge is 2.03. The smallest absolute Gasteiger partial charge is 0.123 e. The Morgan fingerprint density at radius 3 is 2.50 bits per heavy atom. The molecule has 0 spiro atoms. The van der Waals surface area contributed by atoms with E-state index in [1.807, 2.05) is 32.0 Å². The summed E-state index contributed by atoms with van der Waals surface area (Å²) in [4.78, 5) is 2.42. The lowest BCUT2D eigenvalue weighted by molar-refractivity contribution is 0.242. The van der Waals surface area contributed by atoms with Crippen molar-refractivity contribution in [1.29, 1.82) is 0 Å². The normalized spacial score (nSPS) is 11.1. The molecule has 0 aromatic heterocycles. The third kappa shape index (κ3) is 6.15.